The van der Waals surface area contributed by atoms with Crippen molar-refractivity contribution in [3.63, 3.8) is 0 Å². The van der Waals surface area contributed by atoms with Crippen molar-refractivity contribution in [1.82, 2.24) is 0 Å². The van der Waals surface area contributed by atoms with Crippen LogP contribution in [-0.2, 0) is 0 Å². The Bertz CT molecular complexity index is 291. The molecule has 0 saturated carbocycles. The molecule has 0 amide bonds. The first kappa shape index (κ1) is 17.0. The van der Waals surface area contributed by atoms with Gasteiger partial charge in [0.25, 0.3) is 0 Å². The molecule has 0 heterocycles. The summed E-state index contributed by atoms with van der Waals surface area (Å²) in [6.45, 7) is 4.55. The molecule has 0 unspecified atom stereocenters. The summed E-state index contributed by atoms with van der Waals surface area (Å²) in [6.07, 6.45) is 8.10. The second kappa shape index (κ2) is 11.8. The Morgan fingerprint density at radius 2 is 1.32 bits per heavy atom. The van der Waals surface area contributed by atoms with E-state index in [1.54, 1.807) is 0 Å². The summed E-state index contributed by atoms with van der Waals surface area (Å²) in [4.78, 5) is 0. The average molecular weight is 294 g/mol. The maximum absolute atomic E-state index is 2.28. The maximum atomic E-state index is 2.28. The van der Waals surface area contributed by atoms with E-state index >= 15 is 0 Å². The van der Waals surface area contributed by atoms with Gasteiger partial charge < -0.3 is 0 Å². The van der Waals surface area contributed by atoms with Gasteiger partial charge in [0.1, 0.15) is 0 Å². The van der Waals surface area contributed by atoms with Gasteiger partial charge in [-0.05, 0) is 24.3 Å². The molecule has 1 aromatic carbocycles. The molecule has 0 aromatic heterocycles. The van der Waals surface area contributed by atoms with Crippen LogP contribution in [-0.4, -0.2) is 16.8 Å². The van der Waals surface area contributed by atoms with E-state index in [4.69, 9.17) is 0 Å². The van der Waals surface area contributed by atoms with Gasteiger partial charge >= 0.3 is 5.27 Å². The van der Waals surface area contributed by atoms with Gasteiger partial charge in [0.05, 0.1) is 0 Å². The number of benzene rings is 1. The van der Waals surface area contributed by atoms with Crippen molar-refractivity contribution < 1.29 is 0 Å². The highest BCUT2D eigenvalue weighted by Crippen LogP contribution is 2.22. The zero-order chi connectivity index (χ0) is 13.8. The fraction of sp³-hybridized carbons (Fsp3) is 0.625. The topological polar surface area (TPSA) is 0 Å². The molecule has 0 spiro atoms. The second-order valence-corrected chi connectivity index (χ2v) is 7.62. The fourth-order valence-electron chi connectivity index (χ4n) is 1.94. The van der Waals surface area contributed by atoms with Gasteiger partial charge in [0.15, 0.2) is 0 Å². The van der Waals surface area contributed by atoms with Crippen LogP contribution in [0.3, 0.4) is 0 Å². The van der Waals surface area contributed by atoms with E-state index in [9.17, 15) is 0 Å². The molecular formula is C16H27BS2. The van der Waals surface area contributed by atoms with Crippen LogP contribution in [0.2, 0.25) is 0 Å². The van der Waals surface area contributed by atoms with Gasteiger partial charge in [-0.15, -0.1) is 0 Å². The number of unbranched alkanes of at least 4 members (excludes halogenated alkanes) is 4. The van der Waals surface area contributed by atoms with E-state index in [-0.39, 0.29) is 0 Å². The fourth-order valence-corrected chi connectivity index (χ4v) is 4.77. The van der Waals surface area contributed by atoms with Crippen molar-refractivity contribution in [2.45, 2.75) is 52.4 Å². The third-order valence-corrected chi connectivity index (χ3v) is 6.12. The molecule has 0 aliphatic rings. The lowest BCUT2D eigenvalue weighted by Gasteiger charge is -2.13. The first-order valence-electron chi connectivity index (χ1n) is 7.66. The Kier molecular flexibility index (Phi) is 10.6. The molecule has 1 rings (SSSR count). The number of rotatable bonds is 11. The molecule has 0 nitrogen and oxygen atoms in total. The lowest BCUT2D eigenvalue weighted by Crippen LogP contribution is -2.24. The largest absolute Gasteiger partial charge is 0.307 e. The van der Waals surface area contributed by atoms with Crippen molar-refractivity contribution in [3.8, 4) is 0 Å². The van der Waals surface area contributed by atoms with E-state index in [1.165, 1.54) is 55.5 Å². The minimum absolute atomic E-state index is 0.634. The van der Waals surface area contributed by atoms with Crippen molar-refractivity contribution in [3.05, 3.63) is 30.3 Å². The van der Waals surface area contributed by atoms with Crippen LogP contribution in [0.25, 0.3) is 0 Å². The summed E-state index contributed by atoms with van der Waals surface area (Å²) in [5.74, 6) is 2.60. The first-order valence-corrected chi connectivity index (χ1v) is 9.76. The first-order chi connectivity index (χ1) is 9.38. The molecule has 1 aromatic rings. The van der Waals surface area contributed by atoms with Crippen molar-refractivity contribution >= 4 is 34.0 Å². The summed E-state index contributed by atoms with van der Waals surface area (Å²) < 4.78 is 0. The lowest BCUT2D eigenvalue weighted by molar-refractivity contribution is 0.779. The van der Waals surface area contributed by atoms with Crippen LogP contribution in [0.15, 0.2) is 30.3 Å². The van der Waals surface area contributed by atoms with Crippen molar-refractivity contribution in [2.75, 3.05) is 11.5 Å². The molecule has 0 fully saturated rings. The predicted molar refractivity (Wildman–Crippen MR) is 95.8 cm³/mol. The molecule has 0 atom stereocenters. The Hall–Kier alpha value is -0.0151. The molecular weight excluding hydrogens is 267 g/mol. The van der Waals surface area contributed by atoms with E-state index in [0.29, 0.717) is 5.27 Å². The average Bonchev–Trinajstić information content (AvgIpc) is 2.46. The molecule has 0 aliphatic heterocycles. The van der Waals surface area contributed by atoms with Gasteiger partial charge in [0, 0.05) is 0 Å². The van der Waals surface area contributed by atoms with E-state index in [0.717, 1.165) is 0 Å². The van der Waals surface area contributed by atoms with Crippen LogP contribution in [0.1, 0.15) is 52.4 Å². The van der Waals surface area contributed by atoms with E-state index in [2.05, 4.69) is 67.4 Å². The van der Waals surface area contributed by atoms with E-state index < -0.39 is 0 Å². The van der Waals surface area contributed by atoms with Crippen LogP contribution in [0, 0.1) is 0 Å². The molecule has 106 valence electrons. The SMILES string of the molecule is CCCCCSB(SCCCCC)c1ccccc1. The summed E-state index contributed by atoms with van der Waals surface area (Å²) in [7, 11) is 0. The molecule has 0 aliphatic carbocycles. The Labute approximate surface area is 128 Å². The second-order valence-electron chi connectivity index (χ2n) is 4.90. The summed E-state index contributed by atoms with van der Waals surface area (Å²) in [5.41, 5.74) is 1.49. The van der Waals surface area contributed by atoms with Crippen molar-refractivity contribution in [1.29, 1.82) is 0 Å². The molecule has 0 bridgehead atoms. The standard InChI is InChI=1S/C16H27BS2/c1-3-5-10-14-18-17(19-15-11-6-4-2)16-12-8-7-9-13-16/h7-9,12-13H,3-6,10-11,14-15H2,1-2H3. The van der Waals surface area contributed by atoms with Crippen LogP contribution in [0.4, 0.5) is 0 Å². The molecule has 0 N–H and O–H groups in total. The minimum atomic E-state index is 0.634. The van der Waals surface area contributed by atoms with Gasteiger partial charge in [-0.25, -0.2) is 0 Å². The van der Waals surface area contributed by atoms with Crippen LogP contribution >= 0.6 is 23.2 Å². The zero-order valence-electron chi connectivity index (χ0n) is 12.4. The lowest BCUT2D eigenvalue weighted by atomic mass is 9.93. The summed E-state index contributed by atoms with van der Waals surface area (Å²) >= 11 is 4.27. The molecule has 0 radical (unpaired) electrons. The van der Waals surface area contributed by atoms with E-state index in [1.807, 2.05) is 0 Å². The van der Waals surface area contributed by atoms with Crippen molar-refractivity contribution in [2.24, 2.45) is 0 Å². The highest BCUT2D eigenvalue weighted by atomic mass is 32.2. The monoisotopic (exact) mass is 294 g/mol. The summed E-state index contributed by atoms with van der Waals surface area (Å²) in [5, 5.41) is 0.634. The van der Waals surface area contributed by atoms with Gasteiger partial charge in [0.2, 0.25) is 0 Å². The Balaban J connectivity index is 2.39. The predicted octanol–water partition coefficient (Wildman–Crippen LogP) is 5.23. The van der Waals surface area contributed by atoms with Gasteiger partial charge in [-0.3, -0.25) is 0 Å². The third kappa shape index (κ3) is 7.99. The molecule has 0 saturated heterocycles. The highest BCUT2D eigenvalue weighted by Gasteiger charge is 2.17. The number of hydrogen-bond donors (Lipinski definition) is 0. The van der Waals surface area contributed by atoms with Crippen LogP contribution in [0.5, 0.6) is 0 Å². The number of hydrogen-bond acceptors (Lipinski definition) is 2. The smallest absolute Gasteiger partial charge is 0.190 e. The normalized spacial score (nSPS) is 10.6. The molecule has 19 heavy (non-hydrogen) atoms. The van der Waals surface area contributed by atoms with Gasteiger partial charge in [-0.2, -0.15) is 23.2 Å². The zero-order valence-corrected chi connectivity index (χ0v) is 14.1. The highest BCUT2D eigenvalue weighted by molar-refractivity contribution is 8.55. The third-order valence-electron chi connectivity index (χ3n) is 3.11. The Morgan fingerprint density at radius 3 is 1.79 bits per heavy atom. The minimum Gasteiger partial charge on any atom is -0.190 e. The molecule has 3 heteroatoms. The quantitative estimate of drug-likeness (QED) is 0.405. The Morgan fingerprint density at radius 1 is 0.789 bits per heavy atom. The summed E-state index contributed by atoms with van der Waals surface area (Å²) in [6, 6.07) is 11.0. The van der Waals surface area contributed by atoms with Crippen LogP contribution < -0.4 is 5.46 Å². The van der Waals surface area contributed by atoms with Gasteiger partial charge in [-0.1, -0.05) is 75.3 Å². The maximum Gasteiger partial charge on any atom is 0.307 e.